The fourth-order valence-electron chi connectivity index (χ4n) is 2.61. The highest BCUT2D eigenvalue weighted by molar-refractivity contribution is 7.98. The van der Waals surface area contributed by atoms with Gasteiger partial charge in [0, 0.05) is 30.7 Å². The van der Waals surface area contributed by atoms with Gasteiger partial charge >= 0.3 is 0 Å². The molecule has 2 unspecified atom stereocenters. The van der Waals surface area contributed by atoms with E-state index in [2.05, 4.69) is 39.0 Å². The summed E-state index contributed by atoms with van der Waals surface area (Å²) in [5, 5.41) is 0. The normalized spacial score (nSPS) is 26.2. The minimum atomic E-state index is 0.257. The number of hydrogen-bond acceptors (Lipinski definition) is 3. The number of rotatable bonds is 5. The molecule has 1 rings (SSSR count). The molecule has 0 spiro atoms. The molecule has 0 bridgehead atoms. The minimum Gasteiger partial charge on any atom is -0.302 e. The molecule has 2 atom stereocenters. The molecule has 0 amide bonds. The van der Waals surface area contributed by atoms with Crippen molar-refractivity contribution in [2.24, 2.45) is 11.3 Å². The molecular formula is C14H27NOS. The zero-order chi connectivity index (χ0) is 13.1. The summed E-state index contributed by atoms with van der Waals surface area (Å²) in [5.41, 5.74) is 0.349. The van der Waals surface area contributed by atoms with Crippen LogP contribution >= 0.6 is 11.8 Å². The van der Waals surface area contributed by atoms with Crippen molar-refractivity contribution in [2.45, 2.75) is 46.1 Å². The van der Waals surface area contributed by atoms with E-state index in [9.17, 15) is 4.79 Å². The van der Waals surface area contributed by atoms with Gasteiger partial charge in [-0.15, -0.1) is 0 Å². The van der Waals surface area contributed by atoms with Gasteiger partial charge in [-0.2, -0.15) is 11.8 Å². The Morgan fingerprint density at radius 2 is 2.18 bits per heavy atom. The van der Waals surface area contributed by atoms with Crippen molar-refractivity contribution in [2.75, 3.05) is 25.6 Å². The molecule has 0 radical (unpaired) electrons. The SMILES string of the molecule is CSCC(C)N(C)CC1CC(C)(C)CCC1=O. The van der Waals surface area contributed by atoms with Gasteiger partial charge in [0.1, 0.15) is 5.78 Å². The maximum absolute atomic E-state index is 12.0. The lowest BCUT2D eigenvalue weighted by Crippen LogP contribution is -2.41. The molecule has 2 nitrogen and oxygen atoms in total. The van der Waals surface area contributed by atoms with Crippen LogP contribution in [0.25, 0.3) is 0 Å². The highest BCUT2D eigenvalue weighted by Crippen LogP contribution is 2.37. The van der Waals surface area contributed by atoms with E-state index in [0.29, 0.717) is 17.2 Å². The number of carbonyl (C=O) groups excluding carboxylic acids is 1. The van der Waals surface area contributed by atoms with E-state index in [1.165, 1.54) is 0 Å². The van der Waals surface area contributed by atoms with Crippen molar-refractivity contribution >= 4 is 17.5 Å². The van der Waals surface area contributed by atoms with Crippen molar-refractivity contribution < 1.29 is 4.79 Å². The summed E-state index contributed by atoms with van der Waals surface area (Å²) >= 11 is 1.87. The molecule has 0 aromatic carbocycles. The average molecular weight is 257 g/mol. The summed E-state index contributed by atoms with van der Waals surface area (Å²) < 4.78 is 0. The molecule has 1 aliphatic rings. The molecule has 0 aromatic heterocycles. The number of thioether (sulfide) groups is 1. The summed E-state index contributed by atoms with van der Waals surface area (Å²) in [7, 11) is 2.15. The quantitative estimate of drug-likeness (QED) is 0.755. The largest absolute Gasteiger partial charge is 0.302 e. The van der Waals surface area contributed by atoms with Crippen LogP contribution in [0.2, 0.25) is 0 Å². The summed E-state index contributed by atoms with van der Waals surface area (Å²) in [6, 6.07) is 0.558. The molecule has 0 aliphatic heterocycles. The number of carbonyl (C=O) groups is 1. The third-order valence-electron chi connectivity index (χ3n) is 3.97. The van der Waals surface area contributed by atoms with Crippen LogP contribution in [-0.4, -0.2) is 42.3 Å². The van der Waals surface area contributed by atoms with Crippen LogP contribution in [-0.2, 0) is 4.79 Å². The lowest BCUT2D eigenvalue weighted by atomic mass is 9.71. The molecule has 0 aromatic rings. The second-order valence-corrected chi connectivity index (χ2v) is 7.19. The summed E-state index contributed by atoms with van der Waals surface area (Å²) in [6.45, 7) is 7.76. The van der Waals surface area contributed by atoms with Crippen molar-refractivity contribution in [1.82, 2.24) is 4.90 Å². The summed E-state index contributed by atoms with van der Waals surface area (Å²) in [6.07, 6.45) is 5.04. The highest BCUT2D eigenvalue weighted by atomic mass is 32.2. The Balaban J connectivity index is 2.51. The van der Waals surface area contributed by atoms with Crippen LogP contribution in [0.5, 0.6) is 0 Å². The first kappa shape index (κ1) is 15.0. The van der Waals surface area contributed by atoms with Gasteiger partial charge in [0.15, 0.2) is 0 Å². The Hall–Kier alpha value is -0.0200. The van der Waals surface area contributed by atoms with Crippen LogP contribution < -0.4 is 0 Å². The van der Waals surface area contributed by atoms with E-state index in [1.54, 1.807) is 0 Å². The molecule has 0 saturated heterocycles. The molecule has 1 fully saturated rings. The molecular weight excluding hydrogens is 230 g/mol. The molecule has 17 heavy (non-hydrogen) atoms. The van der Waals surface area contributed by atoms with Gasteiger partial charge in [-0.1, -0.05) is 13.8 Å². The molecule has 3 heteroatoms. The topological polar surface area (TPSA) is 20.3 Å². The number of nitrogens with zero attached hydrogens (tertiary/aromatic N) is 1. The van der Waals surface area contributed by atoms with Crippen LogP contribution in [0.3, 0.4) is 0 Å². The van der Waals surface area contributed by atoms with Gasteiger partial charge in [0.05, 0.1) is 0 Å². The maximum atomic E-state index is 12.0. The van der Waals surface area contributed by atoms with Crippen LogP contribution in [0.4, 0.5) is 0 Å². The molecule has 100 valence electrons. The second kappa shape index (κ2) is 6.24. The van der Waals surface area contributed by atoms with Crippen molar-refractivity contribution in [3.05, 3.63) is 0 Å². The maximum Gasteiger partial charge on any atom is 0.137 e. The predicted octanol–water partition coefficient (Wildman–Crippen LogP) is 3.07. The Bertz CT molecular complexity index is 265. The molecule has 1 aliphatic carbocycles. The van der Waals surface area contributed by atoms with E-state index in [0.717, 1.165) is 31.6 Å². The molecule has 1 saturated carbocycles. The molecule has 0 N–H and O–H groups in total. The van der Waals surface area contributed by atoms with Crippen molar-refractivity contribution in [3.8, 4) is 0 Å². The van der Waals surface area contributed by atoms with E-state index in [1.807, 2.05) is 11.8 Å². The first-order chi connectivity index (χ1) is 7.85. The predicted molar refractivity (Wildman–Crippen MR) is 76.6 cm³/mol. The fourth-order valence-corrected chi connectivity index (χ4v) is 3.35. The Kier molecular flexibility index (Phi) is 5.52. The average Bonchev–Trinajstić information content (AvgIpc) is 2.23. The third-order valence-corrected chi connectivity index (χ3v) is 4.79. The van der Waals surface area contributed by atoms with E-state index in [-0.39, 0.29) is 5.92 Å². The van der Waals surface area contributed by atoms with E-state index < -0.39 is 0 Å². The first-order valence-electron chi connectivity index (χ1n) is 6.57. The Labute approximate surface area is 111 Å². The van der Waals surface area contributed by atoms with Crippen LogP contribution in [0.15, 0.2) is 0 Å². The Morgan fingerprint density at radius 3 is 2.76 bits per heavy atom. The lowest BCUT2D eigenvalue weighted by molar-refractivity contribution is -0.127. The number of Topliss-reactive ketones (excluding diaryl/α,β-unsaturated/α-hetero) is 1. The number of hydrogen-bond donors (Lipinski definition) is 0. The summed E-state index contributed by atoms with van der Waals surface area (Å²) in [4.78, 5) is 14.3. The van der Waals surface area contributed by atoms with Gasteiger partial charge in [-0.3, -0.25) is 4.79 Å². The van der Waals surface area contributed by atoms with Crippen molar-refractivity contribution in [3.63, 3.8) is 0 Å². The van der Waals surface area contributed by atoms with Gasteiger partial charge in [0.25, 0.3) is 0 Å². The van der Waals surface area contributed by atoms with Gasteiger partial charge < -0.3 is 4.90 Å². The minimum absolute atomic E-state index is 0.257. The van der Waals surface area contributed by atoms with Crippen LogP contribution in [0.1, 0.15) is 40.0 Å². The molecule has 0 heterocycles. The van der Waals surface area contributed by atoms with E-state index in [4.69, 9.17) is 0 Å². The van der Waals surface area contributed by atoms with Crippen molar-refractivity contribution in [1.29, 1.82) is 0 Å². The van der Waals surface area contributed by atoms with Crippen LogP contribution in [0, 0.1) is 11.3 Å². The third kappa shape index (κ3) is 4.63. The number of ketones is 1. The van der Waals surface area contributed by atoms with Gasteiger partial charge in [-0.05, 0) is 38.5 Å². The highest BCUT2D eigenvalue weighted by Gasteiger charge is 2.34. The smallest absolute Gasteiger partial charge is 0.137 e. The standard InChI is InChI=1S/C14H27NOS/c1-11(10-17-5)15(4)9-12-8-14(2,3)7-6-13(12)16/h11-12H,6-10H2,1-5H3. The van der Waals surface area contributed by atoms with Gasteiger partial charge in [0.2, 0.25) is 0 Å². The first-order valence-corrected chi connectivity index (χ1v) is 7.97. The second-order valence-electron chi connectivity index (χ2n) is 6.28. The zero-order valence-electron chi connectivity index (χ0n) is 12.0. The fraction of sp³-hybridized carbons (Fsp3) is 0.929. The Morgan fingerprint density at radius 1 is 1.53 bits per heavy atom. The van der Waals surface area contributed by atoms with Gasteiger partial charge in [-0.25, -0.2) is 0 Å². The summed E-state index contributed by atoms with van der Waals surface area (Å²) in [5.74, 6) is 1.88. The monoisotopic (exact) mass is 257 g/mol. The van der Waals surface area contributed by atoms with E-state index >= 15 is 0 Å². The zero-order valence-corrected chi connectivity index (χ0v) is 12.8. The lowest BCUT2D eigenvalue weighted by Gasteiger charge is -2.37.